The van der Waals surface area contributed by atoms with Crippen LogP contribution in [-0.2, 0) is 9.53 Å². The molecule has 0 bridgehead atoms. The summed E-state index contributed by atoms with van der Waals surface area (Å²) in [5.74, 6) is -0.555. The van der Waals surface area contributed by atoms with E-state index in [1.807, 2.05) is 6.92 Å². The van der Waals surface area contributed by atoms with E-state index in [9.17, 15) is 9.18 Å². The number of ether oxygens (including phenoxy) is 2. The third kappa shape index (κ3) is 3.85. The van der Waals surface area contributed by atoms with Crippen molar-refractivity contribution in [1.29, 1.82) is 0 Å². The van der Waals surface area contributed by atoms with Crippen LogP contribution in [0.1, 0.15) is 13.3 Å². The Labute approximate surface area is 110 Å². The Morgan fingerprint density at radius 2 is 2.26 bits per heavy atom. The van der Waals surface area contributed by atoms with Gasteiger partial charge in [-0.15, -0.1) is 0 Å². The topological polar surface area (TPSA) is 64.5 Å². The van der Waals surface area contributed by atoms with Gasteiger partial charge in [0.05, 0.1) is 18.9 Å². The van der Waals surface area contributed by atoms with Crippen LogP contribution < -0.4 is 4.74 Å². The van der Waals surface area contributed by atoms with E-state index < -0.39 is 5.82 Å². The van der Waals surface area contributed by atoms with E-state index in [-0.39, 0.29) is 24.6 Å². The first-order valence-electron chi connectivity index (χ1n) is 6.18. The summed E-state index contributed by atoms with van der Waals surface area (Å²) in [6, 6.07) is 0.130. The third-order valence-corrected chi connectivity index (χ3v) is 2.80. The standard InChI is InChI=1S/C12H16FN3O3/c1-2-18-8-11(17)16-4-3-10(7-16)19-12-14-5-9(13)6-15-12/h5-6,10H,2-4,7-8H2,1H3/t10-/m1/s1. The maximum Gasteiger partial charge on any atom is 0.316 e. The molecule has 0 saturated carbocycles. The molecule has 1 aliphatic heterocycles. The van der Waals surface area contributed by atoms with Crippen LogP contribution in [0.25, 0.3) is 0 Å². The molecule has 7 heteroatoms. The molecule has 1 aliphatic rings. The number of rotatable bonds is 5. The van der Waals surface area contributed by atoms with E-state index in [0.29, 0.717) is 26.1 Å². The van der Waals surface area contributed by atoms with Crippen molar-refractivity contribution in [3.05, 3.63) is 18.2 Å². The van der Waals surface area contributed by atoms with Gasteiger partial charge in [-0.3, -0.25) is 4.79 Å². The van der Waals surface area contributed by atoms with E-state index in [1.165, 1.54) is 0 Å². The van der Waals surface area contributed by atoms with Gasteiger partial charge in [0, 0.05) is 19.6 Å². The number of aromatic nitrogens is 2. The summed E-state index contributed by atoms with van der Waals surface area (Å²) in [4.78, 5) is 20.8. The molecule has 0 aliphatic carbocycles. The highest BCUT2D eigenvalue weighted by atomic mass is 19.1. The summed E-state index contributed by atoms with van der Waals surface area (Å²) in [5, 5.41) is 0. The van der Waals surface area contributed by atoms with Crippen molar-refractivity contribution < 1.29 is 18.7 Å². The van der Waals surface area contributed by atoms with Crippen LogP contribution in [-0.4, -0.2) is 53.2 Å². The van der Waals surface area contributed by atoms with Crippen LogP contribution in [0, 0.1) is 5.82 Å². The Balaban J connectivity index is 1.81. The molecule has 0 N–H and O–H groups in total. The van der Waals surface area contributed by atoms with E-state index >= 15 is 0 Å². The zero-order valence-electron chi connectivity index (χ0n) is 10.7. The molecule has 0 spiro atoms. The minimum atomic E-state index is -0.507. The first kappa shape index (κ1) is 13.7. The van der Waals surface area contributed by atoms with Crippen LogP contribution in [0.5, 0.6) is 6.01 Å². The molecule has 2 heterocycles. The molecular weight excluding hydrogens is 253 g/mol. The van der Waals surface area contributed by atoms with Gasteiger partial charge in [0.25, 0.3) is 0 Å². The molecule has 0 aromatic carbocycles. The fourth-order valence-corrected chi connectivity index (χ4v) is 1.84. The predicted molar refractivity (Wildman–Crippen MR) is 64.1 cm³/mol. The van der Waals surface area contributed by atoms with E-state index in [2.05, 4.69) is 9.97 Å². The summed E-state index contributed by atoms with van der Waals surface area (Å²) in [6.07, 6.45) is 2.65. The van der Waals surface area contributed by atoms with Gasteiger partial charge in [-0.1, -0.05) is 0 Å². The van der Waals surface area contributed by atoms with Gasteiger partial charge in [-0.05, 0) is 6.92 Å². The van der Waals surface area contributed by atoms with Crippen molar-refractivity contribution in [3.8, 4) is 6.01 Å². The Morgan fingerprint density at radius 3 is 2.95 bits per heavy atom. The number of carbonyl (C=O) groups is 1. The first-order chi connectivity index (χ1) is 9.19. The summed E-state index contributed by atoms with van der Waals surface area (Å²) >= 11 is 0. The quantitative estimate of drug-likeness (QED) is 0.784. The normalized spacial score (nSPS) is 18.6. The van der Waals surface area contributed by atoms with Gasteiger partial charge in [-0.25, -0.2) is 14.4 Å². The van der Waals surface area contributed by atoms with E-state index in [4.69, 9.17) is 9.47 Å². The fourth-order valence-electron chi connectivity index (χ4n) is 1.84. The van der Waals surface area contributed by atoms with Gasteiger partial charge in [-0.2, -0.15) is 0 Å². The van der Waals surface area contributed by atoms with Gasteiger partial charge >= 0.3 is 6.01 Å². The Hall–Kier alpha value is -1.76. The van der Waals surface area contributed by atoms with Crippen LogP contribution in [0.2, 0.25) is 0 Å². The minimum Gasteiger partial charge on any atom is -0.458 e. The highest BCUT2D eigenvalue weighted by molar-refractivity contribution is 5.77. The largest absolute Gasteiger partial charge is 0.458 e. The smallest absolute Gasteiger partial charge is 0.316 e. The van der Waals surface area contributed by atoms with E-state index in [1.54, 1.807) is 4.90 Å². The van der Waals surface area contributed by atoms with Crippen molar-refractivity contribution in [1.82, 2.24) is 14.9 Å². The number of halogens is 1. The molecule has 1 atom stereocenters. The fraction of sp³-hybridized carbons (Fsp3) is 0.583. The van der Waals surface area contributed by atoms with Gasteiger partial charge in [0.1, 0.15) is 12.7 Å². The second-order valence-electron chi connectivity index (χ2n) is 4.19. The number of hydrogen-bond acceptors (Lipinski definition) is 5. The second kappa shape index (κ2) is 6.42. The molecule has 1 amide bonds. The van der Waals surface area contributed by atoms with Crippen LogP contribution >= 0.6 is 0 Å². The number of amides is 1. The molecule has 19 heavy (non-hydrogen) atoms. The van der Waals surface area contributed by atoms with Crippen molar-refractivity contribution in [2.75, 3.05) is 26.3 Å². The molecule has 2 rings (SSSR count). The molecule has 1 aromatic heterocycles. The summed E-state index contributed by atoms with van der Waals surface area (Å²) in [7, 11) is 0. The van der Waals surface area contributed by atoms with E-state index in [0.717, 1.165) is 12.4 Å². The van der Waals surface area contributed by atoms with Gasteiger partial charge < -0.3 is 14.4 Å². The van der Waals surface area contributed by atoms with Crippen LogP contribution in [0.15, 0.2) is 12.4 Å². The van der Waals surface area contributed by atoms with Crippen LogP contribution in [0.4, 0.5) is 4.39 Å². The number of hydrogen-bond donors (Lipinski definition) is 0. The Kier molecular flexibility index (Phi) is 4.62. The van der Waals surface area contributed by atoms with Crippen molar-refractivity contribution >= 4 is 5.91 Å². The number of likely N-dealkylation sites (tertiary alicyclic amines) is 1. The highest BCUT2D eigenvalue weighted by Gasteiger charge is 2.28. The third-order valence-electron chi connectivity index (χ3n) is 2.80. The van der Waals surface area contributed by atoms with Crippen molar-refractivity contribution in [3.63, 3.8) is 0 Å². The molecule has 0 unspecified atom stereocenters. The lowest BCUT2D eigenvalue weighted by molar-refractivity contribution is -0.135. The number of carbonyl (C=O) groups excluding carboxylic acids is 1. The lowest BCUT2D eigenvalue weighted by atomic mass is 10.3. The zero-order valence-corrected chi connectivity index (χ0v) is 10.7. The molecule has 104 valence electrons. The molecule has 6 nitrogen and oxygen atoms in total. The lowest BCUT2D eigenvalue weighted by Crippen LogP contribution is -2.33. The summed E-state index contributed by atoms with van der Waals surface area (Å²) < 4.78 is 23.2. The average Bonchev–Trinajstić information content (AvgIpc) is 2.87. The molecule has 1 aromatic rings. The Bertz CT molecular complexity index is 427. The SMILES string of the molecule is CCOCC(=O)N1CC[C@@H](Oc2ncc(F)cn2)C1. The zero-order chi connectivity index (χ0) is 13.7. The maximum absolute atomic E-state index is 12.6. The predicted octanol–water partition coefficient (Wildman–Crippen LogP) is 0.632. The minimum absolute atomic E-state index is 0.0482. The maximum atomic E-state index is 12.6. The van der Waals surface area contributed by atoms with Crippen LogP contribution in [0.3, 0.4) is 0 Å². The van der Waals surface area contributed by atoms with Crippen molar-refractivity contribution in [2.24, 2.45) is 0 Å². The summed E-state index contributed by atoms with van der Waals surface area (Å²) in [6.45, 7) is 3.55. The Morgan fingerprint density at radius 1 is 1.53 bits per heavy atom. The lowest BCUT2D eigenvalue weighted by Gasteiger charge is -2.16. The first-order valence-corrected chi connectivity index (χ1v) is 6.18. The molecular formula is C12H16FN3O3. The average molecular weight is 269 g/mol. The summed E-state index contributed by atoms with van der Waals surface area (Å²) in [5.41, 5.74) is 0. The second-order valence-corrected chi connectivity index (χ2v) is 4.19. The molecule has 1 fully saturated rings. The number of nitrogens with zero attached hydrogens (tertiary/aromatic N) is 3. The van der Waals surface area contributed by atoms with Crippen molar-refractivity contribution in [2.45, 2.75) is 19.4 Å². The molecule has 0 radical (unpaired) electrons. The monoisotopic (exact) mass is 269 g/mol. The van der Waals surface area contributed by atoms with Gasteiger partial charge in [0.15, 0.2) is 5.82 Å². The van der Waals surface area contributed by atoms with Gasteiger partial charge in [0.2, 0.25) is 5.91 Å². The molecule has 1 saturated heterocycles. The highest BCUT2D eigenvalue weighted by Crippen LogP contribution is 2.15.